The zero-order valence-corrected chi connectivity index (χ0v) is 6.47. The molecule has 62 valence electrons. The van der Waals surface area contributed by atoms with Crippen LogP contribution in [-0.4, -0.2) is 9.55 Å². The molecule has 0 unspecified atom stereocenters. The van der Waals surface area contributed by atoms with Crippen LogP contribution in [0.2, 0.25) is 0 Å². The third kappa shape index (κ3) is 0.845. The number of H-pyrrole nitrogens is 1. The van der Waals surface area contributed by atoms with Crippen LogP contribution in [0.5, 0.6) is 0 Å². The number of rotatable bonds is 0. The van der Waals surface area contributed by atoms with Gasteiger partial charge in [-0.1, -0.05) is 0 Å². The summed E-state index contributed by atoms with van der Waals surface area (Å²) in [6.07, 6.45) is 0. The van der Waals surface area contributed by atoms with E-state index in [1.807, 2.05) is 0 Å². The Morgan fingerprint density at radius 1 is 1.50 bits per heavy atom. The van der Waals surface area contributed by atoms with E-state index in [4.69, 9.17) is 0 Å². The van der Waals surface area contributed by atoms with Crippen LogP contribution in [0.15, 0.2) is 23.0 Å². The van der Waals surface area contributed by atoms with Crippen LogP contribution in [0.25, 0.3) is 11.0 Å². The van der Waals surface area contributed by atoms with E-state index in [9.17, 15) is 9.18 Å². The largest absolute Gasteiger partial charge is 0.326 e. The maximum Gasteiger partial charge on any atom is 0.326 e. The van der Waals surface area contributed by atoms with E-state index in [-0.39, 0.29) is 11.5 Å². The van der Waals surface area contributed by atoms with Crippen LogP contribution in [0.1, 0.15) is 0 Å². The molecule has 0 aliphatic rings. The van der Waals surface area contributed by atoms with Crippen molar-refractivity contribution in [3.8, 4) is 0 Å². The van der Waals surface area contributed by atoms with Crippen molar-refractivity contribution < 1.29 is 4.39 Å². The molecule has 12 heavy (non-hydrogen) atoms. The SMILES string of the molecule is Cn1c(=O)[nH]c2ccc(F)cc21. The summed E-state index contributed by atoms with van der Waals surface area (Å²) in [5, 5.41) is 0. The molecule has 0 saturated heterocycles. The van der Waals surface area contributed by atoms with Gasteiger partial charge in [0.1, 0.15) is 5.82 Å². The Kier molecular flexibility index (Phi) is 1.30. The molecule has 0 aliphatic carbocycles. The molecular weight excluding hydrogens is 159 g/mol. The van der Waals surface area contributed by atoms with Crippen LogP contribution < -0.4 is 5.69 Å². The summed E-state index contributed by atoms with van der Waals surface area (Å²) in [7, 11) is 1.60. The monoisotopic (exact) mass is 166 g/mol. The van der Waals surface area contributed by atoms with E-state index in [0.29, 0.717) is 11.0 Å². The average molecular weight is 166 g/mol. The summed E-state index contributed by atoms with van der Waals surface area (Å²) in [6, 6.07) is 4.19. The first-order valence-corrected chi connectivity index (χ1v) is 3.53. The molecule has 4 heteroatoms. The lowest BCUT2D eigenvalue weighted by molar-refractivity contribution is 0.629. The second kappa shape index (κ2) is 2.20. The van der Waals surface area contributed by atoms with Crippen molar-refractivity contribution in [2.75, 3.05) is 0 Å². The third-order valence-electron chi connectivity index (χ3n) is 1.87. The predicted octanol–water partition coefficient (Wildman–Crippen LogP) is 1.01. The Hall–Kier alpha value is -1.58. The number of fused-ring (bicyclic) bond motifs is 1. The second-order valence-electron chi connectivity index (χ2n) is 2.65. The molecule has 0 saturated carbocycles. The molecule has 0 spiro atoms. The first-order chi connectivity index (χ1) is 5.68. The highest BCUT2D eigenvalue weighted by Gasteiger charge is 2.02. The smallest absolute Gasteiger partial charge is 0.306 e. The lowest BCUT2D eigenvalue weighted by Crippen LogP contribution is -2.11. The van der Waals surface area contributed by atoms with Gasteiger partial charge in [-0.25, -0.2) is 9.18 Å². The Balaban J connectivity index is 2.98. The molecule has 0 amide bonds. The first-order valence-electron chi connectivity index (χ1n) is 3.53. The van der Waals surface area contributed by atoms with Gasteiger partial charge in [-0.2, -0.15) is 0 Å². The summed E-state index contributed by atoms with van der Waals surface area (Å²) >= 11 is 0. The summed E-state index contributed by atoms with van der Waals surface area (Å²) in [5.41, 5.74) is 1.01. The Labute approximate surface area is 67.4 Å². The maximum absolute atomic E-state index is 12.7. The fourth-order valence-corrected chi connectivity index (χ4v) is 1.20. The van der Waals surface area contributed by atoms with Gasteiger partial charge in [0.15, 0.2) is 0 Å². The summed E-state index contributed by atoms with van der Waals surface area (Å²) in [5.74, 6) is -0.336. The minimum atomic E-state index is -0.336. The number of halogens is 1. The van der Waals surface area contributed by atoms with Gasteiger partial charge in [0.2, 0.25) is 0 Å². The Bertz CT molecular complexity index is 483. The molecule has 0 atom stereocenters. The van der Waals surface area contributed by atoms with Gasteiger partial charge >= 0.3 is 5.69 Å². The number of hydrogen-bond donors (Lipinski definition) is 1. The molecule has 2 aromatic rings. The minimum absolute atomic E-state index is 0.226. The van der Waals surface area contributed by atoms with Gasteiger partial charge in [0, 0.05) is 7.05 Å². The van der Waals surface area contributed by atoms with E-state index < -0.39 is 0 Å². The number of imidazole rings is 1. The van der Waals surface area contributed by atoms with Gasteiger partial charge < -0.3 is 4.98 Å². The van der Waals surface area contributed by atoms with Crippen LogP contribution in [0.3, 0.4) is 0 Å². The van der Waals surface area contributed by atoms with Crippen molar-refractivity contribution in [3.63, 3.8) is 0 Å². The highest BCUT2D eigenvalue weighted by atomic mass is 19.1. The molecule has 0 fully saturated rings. The summed E-state index contributed by atoms with van der Waals surface area (Å²) < 4.78 is 14.1. The lowest BCUT2D eigenvalue weighted by Gasteiger charge is -1.91. The highest BCUT2D eigenvalue weighted by molar-refractivity contribution is 5.74. The topological polar surface area (TPSA) is 37.8 Å². The van der Waals surface area contributed by atoms with Crippen molar-refractivity contribution in [2.24, 2.45) is 7.05 Å². The van der Waals surface area contributed by atoms with Crippen LogP contribution in [0, 0.1) is 5.82 Å². The predicted molar refractivity (Wildman–Crippen MR) is 43.5 cm³/mol. The first kappa shape index (κ1) is 7.09. The molecule has 3 nitrogen and oxygen atoms in total. The molecule has 0 aliphatic heterocycles. The van der Waals surface area contributed by atoms with Crippen molar-refractivity contribution >= 4 is 11.0 Å². The van der Waals surface area contributed by atoms with Crippen molar-refractivity contribution in [2.45, 2.75) is 0 Å². The van der Waals surface area contributed by atoms with Crippen molar-refractivity contribution in [1.82, 2.24) is 9.55 Å². The zero-order valence-electron chi connectivity index (χ0n) is 6.47. The number of nitrogens with zero attached hydrogens (tertiary/aromatic N) is 1. The van der Waals surface area contributed by atoms with Crippen LogP contribution in [0.4, 0.5) is 4.39 Å². The van der Waals surface area contributed by atoms with Crippen LogP contribution in [-0.2, 0) is 7.05 Å². The van der Waals surface area contributed by atoms with Crippen LogP contribution >= 0.6 is 0 Å². The van der Waals surface area contributed by atoms with E-state index in [0.717, 1.165) is 0 Å². The highest BCUT2D eigenvalue weighted by Crippen LogP contribution is 2.09. The van der Waals surface area contributed by atoms with Gasteiger partial charge in [-0.15, -0.1) is 0 Å². The fourth-order valence-electron chi connectivity index (χ4n) is 1.20. The molecule has 1 aromatic carbocycles. The Morgan fingerprint density at radius 3 is 3.00 bits per heavy atom. The average Bonchev–Trinajstić information content (AvgIpc) is 2.31. The minimum Gasteiger partial charge on any atom is -0.306 e. The molecular formula is C8H7FN2O. The molecule has 1 aromatic heterocycles. The van der Waals surface area contributed by atoms with E-state index in [1.165, 1.54) is 16.7 Å². The number of benzene rings is 1. The number of aromatic amines is 1. The van der Waals surface area contributed by atoms with E-state index in [2.05, 4.69) is 4.98 Å². The number of nitrogens with one attached hydrogen (secondary N) is 1. The van der Waals surface area contributed by atoms with Gasteiger partial charge in [-0.05, 0) is 18.2 Å². The number of aromatic nitrogens is 2. The van der Waals surface area contributed by atoms with Gasteiger partial charge in [0.05, 0.1) is 11.0 Å². The maximum atomic E-state index is 12.7. The normalized spacial score (nSPS) is 10.8. The van der Waals surface area contributed by atoms with E-state index in [1.54, 1.807) is 13.1 Å². The van der Waals surface area contributed by atoms with Gasteiger partial charge in [-0.3, -0.25) is 4.57 Å². The van der Waals surface area contributed by atoms with Crippen molar-refractivity contribution in [3.05, 3.63) is 34.5 Å². The molecule has 0 radical (unpaired) electrons. The van der Waals surface area contributed by atoms with Crippen molar-refractivity contribution in [1.29, 1.82) is 0 Å². The number of hydrogen-bond acceptors (Lipinski definition) is 1. The summed E-state index contributed by atoms with van der Waals surface area (Å²) in [6.45, 7) is 0. The fraction of sp³-hybridized carbons (Fsp3) is 0.125. The zero-order chi connectivity index (χ0) is 8.72. The molecule has 0 bridgehead atoms. The quantitative estimate of drug-likeness (QED) is 0.623. The molecule has 2 rings (SSSR count). The van der Waals surface area contributed by atoms with Gasteiger partial charge in [0.25, 0.3) is 0 Å². The third-order valence-corrected chi connectivity index (χ3v) is 1.87. The van der Waals surface area contributed by atoms with E-state index >= 15 is 0 Å². The lowest BCUT2D eigenvalue weighted by atomic mass is 10.3. The number of aryl methyl sites for hydroxylation is 1. The second-order valence-corrected chi connectivity index (χ2v) is 2.65. The summed E-state index contributed by atoms with van der Waals surface area (Å²) in [4.78, 5) is 13.6. The molecule has 1 heterocycles. The Morgan fingerprint density at radius 2 is 2.25 bits per heavy atom. The molecule has 1 N–H and O–H groups in total. The standard InChI is InChI=1S/C8H7FN2O/c1-11-7-4-5(9)2-3-6(7)10-8(11)12/h2-4H,1H3,(H,10,12).